The van der Waals surface area contributed by atoms with E-state index < -0.39 is 24.5 Å². The highest BCUT2D eigenvalue weighted by molar-refractivity contribution is 6.21. The van der Waals surface area contributed by atoms with Crippen LogP contribution in [0.4, 0.5) is 0 Å². The van der Waals surface area contributed by atoms with Crippen molar-refractivity contribution in [3.05, 3.63) is 70.8 Å². The Kier molecular flexibility index (Phi) is 3.61. The normalized spacial score (nSPS) is 12.7. The monoisotopic (exact) mass is 306 g/mol. The van der Waals surface area contributed by atoms with Crippen LogP contribution in [0.5, 0.6) is 0 Å². The SMILES string of the molecule is N#Cc1ccc(C(=O)OCN2C(=O)c3ccccc3C2=O)cc1. The fourth-order valence-electron chi connectivity index (χ4n) is 2.24. The van der Waals surface area contributed by atoms with E-state index in [1.54, 1.807) is 24.3 Å². The van der Waals surface area contributed by atoms with Gasteiger partial charge in [-0.1, -0.05) is 12.1 Å². The molecular weight excluding hydrogens is 296 g/mol. The highest BCUT2D eigenvalue weighted by Crippen LogP contribution is 2.22. The Hall–Kier alpha value is -3.46. The molecule has 23 heavy (non-hydrogen) atoms. The molecule has 2 aromatic rings. The van der Waals surface area contributed by atoms with Crippen LogP contribution >= 0.6 is 0 Å². The second kappa shape index (κ2) is 5.73. The molecule has 0 aliphatic carbocycles. The number of carbonyl (C=O) groups excluding carboxylic acids is 3. The number of ether oxygens (including phenoxy) is 1. The van der Waals surface area contributed by atoms with E-state index in [2.05, 4.69) is 0 Å². The third kappa shape index (κ3) is 2.56. The topological polar surface area (TPSA) is 87.5 Å². The van der Waals surface area contributed by atoms with Gasteiger partial charge in [0.1, 0.15) is 0 Å². The predicted octanol–water partition coefficient (Wildman–Crippen LogP) is 1.97. The summed E-state index contributed by atoms with van der Waals surface area (Å²) in [6.45, 7) is -0.453. The molecule has 0 N–H and O–H groups in total. The first kappa shape index (κ1) is 14.5. The molecule has 0 saturated heterocycles. The van der Waals surface area contributed by atoms with E-state index in [1.807, 2.05) is 6.07 Å². The molecule has 1 aliphatic rings. The number of fused-ring (bicyclic) bond motifs is 1. The molecule has 0 bridgehead atoms. The van der Waals surface area contributed by atoms with E-state index >= 15 is 0 Å². The van der Waals surface area contributed by atoms with Crippen LogP contribution in [0, 0.1) is 11.3 Å². The molecule has 0 fully saturated rings. The maximum atomic E-state index is 12.1. The van der Waals surface area contributed by atoms with Crippen molar-refractivity contribution in [1.29, 1.82) is 5.26 Å². The summed E-state index contributed by atoms with van der Waals surface area (Å²) >= 11 is 0. The van der Waals surface area contributed by atoms with Gasteiger partial charge in [-0.15, -0.1) is 0 Å². The van der Waals surface area contributed by atoms with Crippen molar-refractivity contribution in [3.8, 4) is 6.07 Å². The van der Waals surface area contributed by atoms with Crippen molar-refractivity contribution in [2.75, 3.05) is 6.73 Å². The lowest BCUT2D eigenvalue weighted by Crippen LogP contribution is -2.33. The van der Waals surface area contributed by atoms with Crippen molar-refractivity contribution >= 4 is 17.8 Å². The van der Waals surface area contributed by atoms with E-state index in [0.717, 1.165) is 4.90 Å². The Bertz CT molecular complexity index is 815. The predicted molar refractivity (Wildman–Crippen MR) is 78.4 cm³/mol. The first-order valence-electron chi connectivity index (χ1n) is 6.74. The summed E-state index contributed by atoms with van der Waals surface area (Å²) in [5.74, 6) is -1.65. The lowest BCUT2D eigenvalue weighted by Gasteiger charge is -2.13. The smallest absolute Gasteiger partial charge is 0.339 e. The van der Waals surface area contributed by atoms with Gasteiger partial charge in [0.05, 0.1) is 28.3 Å². The lowest BCUT2D eigenvalue weighted by atomic mass is 10.1. The summed E-state index contributed by atoms with van der Waals surface area (Å²) in [5, 5.41) is 8.71. The number of rotatable bonds is 3. The molecule has 112 valence electrons. The summed E-state index contributed by atoms with van der Waals surface area (Å²) in [6, 6.07) is 14.2. The molecule has 0 aromatic heterocycles. The van der Waals surface area contributed by atoms with Crippen molar-refractivity contribution in [2.45, 2.75) is 0 Å². The van der Waals surface area contributed by atoms with Gasteiger partial charge in [0.2, 0.25) is 0 Å². The average molecular weight is 306 g/mol. The molecule has 1 aliphatic heterocycles. The Balaban J connectivity index is 1.69. The molecule has 0 atom stereocenters. The quantitative estimate of drug-likeness (QED) is 0.639. The van der Waals surface area contributed by atoms with Crippen molar-refractivity contribution in [3.63, 3.8) is 0 Å². The van der Waals surface area contributed by atoms with Crippen LogP contribution < -0.4 is 0 Å². The van der Waals surface area contributed by atoms with E-state index in [9.17, 15) is 14.4 Å². The van der Waals surface area contributed by atoms with Gasteiger partial charge in [-0.05, 0) is 36.4 Å². The highest BCUT2D eigenvalue weighted by Gasteiger charge is 2.35. The van der Waals surface area contributed by atoms with Gasteiger partial charge in [-0.25, -0.2) is 9.69 Å². The second-order valence-electron chi connectivity index (χ2n) is 4.83. The van der Waals surface area contributed by atoms with E-state index in [0.29, 0.717) is 16.7 Å². The second-order valence-corrected chi connectivity index (χ2v) is 4.83. The van der Waals surface area contributed by atoms with E-state index in [1.165, 1.54) is 24.3 Å². The Labute approximate surface area is 131 Å². The summed E-state index contributed by atoms with van der Waals surface area (Å²) in [6.07, 6.45) is 0. The standard InChI is InChI=1S/C17H10N2O4/c18-9-11-5-7-12(8-6-11)17(22)23-10-19-15(20)13-3-1-2-4-14(13)16(19)21/h1-8H,10H2. The summed E-state index contributed by atoms with van der Waals surface area (Å²) in [4.78, 5) is 37.0. The fraction of sp³-hybridized carbons (Fsp3) is 0.0588. The van der Waals surface area contributed by atoms with Gasteiger partial charge in [0.15, 0.2) is 6.73 Å². The number of hydrogen-bond acceptors (Lipinski definition) is 5. The molecule has 2 aromatic carbocycles. The zero-order valence-electron chi connectivity index (χ0n) is 11.9. The van der Waals surface area contributed by atoms with Crippen LogP contribution in [0.2, 0.25) is 0 Å². The Morgan fingerprint density at radius 2 is 1.57 bits per heavy atom. The minimum absolute atomic E-state index is 0.237. The average Bonchev–Trinajstić information content (AvgIpc) is 2.84. The summed E-state index contributed by atoms with van der Waals surface area (Å²) in [7, 11) is 0. The van der Waals surface area contributed by atoms with Crippen LogP contribution in [-0.2, 0) is 4.74 Å². The molecule has 1 heterocycles. The third-order valence-corrected chi connectivity index (χ3v) is 3.45. The molecule has 3 rings (SSSR count). The molecule has 6 heteroatoms. The largest absolute Gasteiger partial charge is 0.440 e. The first-order valence-corrected chi connectivity index (χ1v) is 6.74. The van der Waals surface area contributed by atoms with Crippen molar-refractivity contribution < 1.29 is 19.1 Å². The summed E-state index contributed by atoms with van der Waals surface area (Å²) in [5.41, 5.74) is 1.25. The number of nitrogens with zero attached hydrogens (tertiary/aromatic N) is 2. The number of imide groups is 1. The summed E-state index contributed by atoms with van der Waals surface area (Å²) < 4.78 is 5.02. The van der Waals surface area contributed by atoms with Crippen LogP contribution in [0.3, 0.4) is 0 Å². The van der Waals surface area contributed by atoms with Gasteiger partial charge < -0.3 is 4.74 Å². The van der Waals surface area contributed by atoms with Crippen LogP contribution in [-0.4, -0.2) is 29.4 Å². The van der Waals surface area contributed by atoms with E-state index in [-0.39, 0.29) is 5.56 Å². The molecule has 0 spiro atoms. The minimum atomic E-state index is -0.675. The Morgan fingerprint density at radius 3 is 2.09 bits per heavy atom. The van der Waals surface area contributed by atoms with Gasteiger partial charge in [0, 0.05) is 0 Å². The maximum Gasteiger partial charge on any atom is 0.339 e. The fourth-order valence-corrected chi connectivity index (χ4v) is 2.24. The molecular formula is C17H10N2O4. The highest BCUT2D eigenvalue weighted by atomic mass is 16.5. The molecule has 0 radical (unpaired) electrons. The third-order valence-electron chi connectivity index (χ3n) is 3.45. The van der Waals surface area contributed by atoms with Crippen molar-refractivity contribution in [2.24, 2.45) is 0 Å². The van der Waals surface area contributed by atoms with Gasteiger partial charge >= 0.3 is 5.97 Å². The molecule has 6 nitrogen and oxygen atoms in total. The zero-order chi connectivity index (χ0) is 16.4. The molecule has 2 amide bonds. The van der Waals surface area contributed by atoms with Crippen molar-refractivity contribution in [1.82, 2.24) is 4.90 Å². The van der Waals surface area contributed by atoms with Gasteiger partial charge in [-0.3, -0.25) is 9.59 Å². The Morgan fingerprint density at radius 1 is 1.00 bits per heavy atom. The van der Waals surface area contributed by atoms with Crippen LogP contribution in [0.25, 0.3) is 0 Å². The number of carbonyl (C=O) groups is 3. The number of hydrogen-bond donors (Lipinski definition) is 0. The maximum absolute atomic E-state index is 12.1. The first-order chi connectivity index (χ1) is 11.1. The minimum Gasteiger partial charge on any atom is -0.440 e. The number of amides is 2. The lowest BCUT2D eigenvalue weighted by molar-refractivity contribution is 0.0228. The van der Waals surface area contributed by atoms with Crippen LogP contribution in [0.1, 0.15) is 36.6 Å². The molecule has 0 unspecified atom stereocenters. The van der Waals surface area contributed by atoms with Crippen LogP contribution in [0.15, 0.2) is 48.5 Å². The number of benzene rings is 2. The number of esters is 1. The molecule has 0 saturated carbocycles. The van der Waals surface area contributed by atoms with E-state index in [4.69, 9.17) is 10.00 Å². The van der Waals surface area contributed by atoms with Gasteiger partial charge in [-0.2, -0.15) is 5.26 Å². The van der Waals surface area contributed by atoms with Gasteiger partial charge in [0.25, 0.3) is 11.8 Å². The number of nitriles is 1. The zero-order valence-corrected chi connectivity index (χ0v) is 11.9.